The van der Waals surface area contributed by atoms with E-state index < -0.39 is 0 Å². The van der Waals surface area contributed by atoms with Crippen LogP contribution in [0.3, 0.4) is 0 Å². The van der Waals surface area contributed by atoms with Gasteiger partial charge in [0.25, 0.3) is 0 Å². The molecule has 23 heteroatoms. The van der Waals surface area contributed by atoms with Gasteiger partial charge in [-0.25, -0.2) is 18.7 Å². The van der Waals surface area contributed by atoms with Gasteiger partial charge >= 0.3 is 0 Å². The first kappa shape index (κ1) is 90.8. The smallest absolute Gasteiger partial charge is 0.0834 e. The van der Waals surface area contributed by atoms with Crippen molar-refractivity contribution >= 4 is 0 Å². The Morgan fingerprint density at radius 1 is 0.286 bits per heavy atom. The van der Waals surface area contributed by atoms with Gasteiger partial charge in [0.05, 0.1) is 37.4 Å². The van der Waals surface area contributed by atoms with Crippen molar-refractivity contribution in [3.05, 3.63) is 393 Å². The van der Waals surface area contributed by atoms with Crippen LogP contribution in [0.2, 0.25) is 0 Å². The molecule has 0 N–H and O–H groups in total. The Labute approximate surface area is 775 Å². The van der Waals surface area contributed by atoms with E-state index in [1.165, 1.54) is 83.5 Å². The largest absolute Gasteiger partial charge is 0.350 e. The number of pyridine rings is 1. The summed E-state index contributed by atoms with van der Waals surface area (Å²) in [7, 11) is 3.96. The molecule has 18 aromatic rings. The minimum atomic E-state index is 0. The Morgan fingerprint density at radius 2 is 0.605 bits per heavy atom. The van der Waals surface area contributed by atoms with Crippen LogP contribution in [0.4, 0.5) is 0 Å². The topological polar surface area (TPSA) is 171 Å². The van der Waals surface area contributed by atoms with Gasteiger partial charge in [0.1, 0.15) is 0 Å². The minimum absolute atomic E-state index is 0. The zero-order chi connectivity index (χ0) is 77.5. The van der Waals surface area contributed by atoms with Crippen LogP contribution in [0.25, 0.3) is 112 Å². The Morgan fingerprint density at radius 3 is 0.966 bits per heavy atom. The average Bonchev–Trinajstić information content (AvgIpc) is 1.59. The van der Waals surface area contributed by atoms with E-state index in [9.17, 15) is 0 Å². The van der Waals surface area contributed by atoms with Crippen molar-refractivity contribution < 1.29 is 122 Å². The number of hydrogen-bond acceptors (Lipinski definition) is 11. The predicted octanol–water partition coefficient (Wildman–Crippen LogP) is 19.3. The molecule has 11 aromatic carbocycles. The zero-order valence-corrected chi connectivity index (χ0v) is 79.9. The molecule has 0 atom stereocenters. The second kappa shape index (κ2) is 40.5. The van der Waals surface area contributed by atoms with Crippen LogP contribution >= 0.6 is 0 Å². The summed E-state index contributed by atoms with van der Waals surface area (Å²) in [5.41, 5.74) is 30.6. The molecule has 0 bridgehead atoms. The van der Waals surface area contributed by atoms with Gasteiger partial charge in [-0.15, -0.1) is 143 Å². The number of aryl methyl sites for hydroxylation is 2. The SMILES string of the molecule is CC1(C)c2ccccc2-c2c[c-]c(-n3ccnn3)cc21.CC1(C)c2ccccc2-c2c[c-]c(-n3ccnn3)cc21.Cn1cnc(-c2[c-]cc3c(c2)C(C)(C)c2ccccc2-3)c1.Cn1cnc(-c2[c-]ccc(-c3ccccc3)c2)c1.[Ir].[Ir].[Ir].[Ir].[Ir].[Pt].[c-]1ccc(-c2ccccc2)cc1-n1ccnn1.[c-]1ccc(-c2ccncc2)cc1-n1ccnn1. The van der Waals surface area contributed by atoms with E-state index in [0.717, 1.165) is 62.0 Å². The molecule has 0 spiro atoms. The van der Waals surface area contributed by atoms with Crippen molar-refractivity contribution in [3.8, 4) is 112 Å². The second-order valence-corrected chi connectivity index (χ2v) is 29.1. The van der Waals surface area contributed by atoms with Crippen LogP contribution in [0.5, 0.6) is 0 Å². The first-order valence-electron chi connectivity index (χ1n) is 37.1. The molecule has 5 radical (unpaired) electrons. The number of nitrogens with zero attached hydrogens (tertiary/aromatic N) is 17. The summed E-state index contributed by atoms with van der Waals surface area (Å²) >= 11 is 0. The monoisotopic (exact) mass is 2630 g/mol. The maximum Gasteiger partial charge on any atom is 0.0834 e. The third-order valence-electron chi connectivity index (χ3n) is 20.8. The molecule has 3 aliphatic rings. The fourth-order valence-corrected chi connectivity index (χ4v) is 14.9. The second-order valence-electron chi connectivity index (χ2n) is 29.1. The number of aromatic nitrogens is 17. The van der Waals surface area contributed by atoms with Crippen LogP contribution < -0.4 is 0 Å². The molecule has 0 saturated carbocycles. The van der Waals surface area contributed by atoms with Crippen molar-refractivity contribution in [1.82, 2.24) is 84.1 Å². The van der Waals surface area contributed by atoms with Crippen LogP contribution in [0.15, 0.2) is 324 Å². The third kappa shape index (κ3) is 19.8. The Bertz CT molecular complexity index is 6030. The minimum Gasteiger partial charge on any atom is -0.350 e. The first-order valence-corrected chi connectivity index (χ1v) is 37.1. The molecule has 7 heterocycles. The fraction of sp³-hybridized carbons (Fsp3) is 0.115. The van der Waals surface area contributed by atoms with Gasteiger partial charge in [-0.2, -0.15) is 60.7 Å². The molecule has 0 saturated heterocycles. The number of rotatable bonds is 9. The molecule has 7 aromatic heterocycles. The van der Waals surface area contributed by atoms with E-state index >= 15 is 0 Å². The van der Waals surface area contributed by atoms with E-state index in [1.54, 1.807) is 74.6 Å². The zero-order valence-electron chi connectivity index (χ0n) is 65.7. The summed E-state index contributed by atoms with van der Waals surface area (Å²) in [6.45, 7) is 13.6. The van der Waals surface area contributed by atoms with Gasteiger partial charge in [0, 0.05) is 184 Å². The summed E-state index contributed by atoms with van der Waals surface area (Å²) in [6, 6.07) is 101. The van der Waals surface area contributed by atoms with Gasteiger partial charge in [-0.1, -0.05) is 218 Å². The van der Waals surface area contributed by atoms with Gasteiger partial charge in [-0.3, -0.25) is 15.0 Å². The third-order valence-corrected chi connectivity index (χ3v) is 20.8. The maximum atomic E-state index is 4.44. The van der Waals surface area contributed by atoms with Gasteiger partial charge < -0.3 is 9.13 Å². The van der Waals surface area contributed by atoms with Gasteiger partial charge in [0.15, 0.2) is 0 Å². The standard InChI is InChI=1S/C19H17N2.2C17H14N3.C16H13N2.C14H10N3.C13H9N4.5Ir.Pt/c1-19(2)16-7-5-4-6-14(16)15-9-8-13(10-17(15)19)18-11-21(3)12-20-18;2*1-17(2)15-6-4-3-5-13(15)14-8-7-12(11-16(14)17)20-10-9-18-19-20;1-18-11-16(17-12-18)15-9-5-8-14(10-15)13-6-3-2-4-7-13;1-2-5-12(6-3-1)13-7-4-8-14(11-13)17-10-9-15-16-17;1-2-12(11-4-6-14-7-5-11)10-13(3-1)17-9-8-15-16-17;;;;;;/h4-7,9-12H,1-3H3;2*3-6,8-11H,1-2H3;2-8,10-12H,1H3;1-7,9-11H;1-2,4-10H;;;;;;/q6*-1;;;;;;. The number of imidazole rings is 2. The van der Waals surface area contributed by atoms with Crippen LogP contribution in [0.1, 0.15) is 74.9 Å². The van der Waals surface area contributed by atoms with Crippen molar-refractivity contribution in [3.63, 3.8) is 0 Å². The molecule has 21 rings (SSSR count). The van der Waals surface area contributed by atoms with E-state index in [1.807, 2.05) is 145 Å². The Hall–Kier alpha value is -10.5. The molecule has 0 fully saturated rings. The Kier molecular flexibility index (Phi) is 30.9. The molecule has 607 valence electrons. The summed E-state index contributed by atoms with van der Waals surface area (Å²) in [6.07, 6.45) is 25.2. The summed E-state index contributed by atoms with van der Waals surface area (Å²) in [5, 5.41) is 31.3. The average molecular weight is 2620 g/mol. The summed E-state index contributed by atoms with van der Waals surface area (Å²) in [4.78, 5) is 12.8. The normalized spacial score (nSPS) is 12.2. The van der Waals surface area contributed by atoms with E-state index in [4.69, 9.17) is 0 Å². The van der Waals surface area contributed by atoms with Crippen molar-refractivity contribution in [2.45, 2.75) is 57.8 Å². The van der Waals surface area contributed by atoms with Crippen LogP contribution in [0, 0.1) is 36.4 Å². The molecule has 0 aliphatic heterocycles. The first-order chi connectivity index (χ1) is 55.1. The number of hydrogen-bond donors (Lipinski definition) is 0. The summed E-state index contributed by atoms with van der Waals surface area (Å²) in [5.74, 6) is 0. The molecule has 0 amide bonds. The molecule has 3 aliphatic carbocycles. The molecule has 119 heavy (non-hydrogen) atoms. The molecular formula is C96H77Ir5N17Pt-6. The predicted molar refractivity (Wildman–Crippen MR) is 443 cm³/mol. The van der Waals surface area contributed by atoms with Crippen molar-refractivity contribution in [1.29, 1.82) is 0 Å². The van der Waals surface area contributed by atoms with Crippen LogP contribution in [-0.2, 0) is 152 Å². The fourth-order valence-electron chi connectivity index (χ4n) is 14.9. The van der Waals surface area contributed by atoms with E-state index in [0.29, 0.717) is 0 Å². The molecular weight excluding hydrogens is 2550 g/mol. The van der Waals surface area contributed by atoms with Crippen molar-refractivity contribution in [2.24, 2.45) is 14.1 Å². The number of benzene rings is 11. The van der Waals surface area contributed by atoms with Crippen molar-refractivity contribution in [2.75, 3.05) is 0 Å². The van der Waals surface area contributed by atoms with Gasteiger partial charge in [-0.05, 0) is 96.9 Å². The quantitative estimate of drug-likeness (QED) is 0.126. The summed E-state index contributed by atoms with van der Waals surface area (Å²) < 4.78 is 10.8. The Balaban J connectivity index is 0.000000149. The molecule has 17 nitrogen and oxygen atoms in total. The maximum absolute atomic E-state index is 4.44. The number of fused-ring (bicyclic) bond motifs is 9. The van der Waals surface area contributed by atoms with Gasteiger partial charge in [0.2, 0.25) is 0 Å². The van der Waals surface area contributed by atoms with E-state index in [2.05, 4.69) is 280 Å². The molecule has 0 unspecified atom stereocenters. The van der Waals surface area contributed by atoms with E-state index in [-0.39, 0.29) is 138 Å². The van der Waals surface area contributed by atoms with Crippen LogP contribution in [-0.4, -0.2) is 84.1 Å².